The molecule has 0 spiro atoms. The van der Waals surface area contributed by atoms with E-state index in [0.717, 1.165) is 33.3 Å². The second-order valence-corrected chi connectivity index (χ2v) is 8.00. The van der Waals surface area contributed by atoms with Gasteiger partial charge in [0.1, 0.15) is 12.4 Å². The van der Waals surface area contributed by atoms with Crippen LogP contribution in [0.2, 0.25) is 10.0 Å². The van der Waals surface area contributed by atoms with Gasteiger partial charge >= 0.3 is 0 Å². The highest BCUT2D eigenvalue weighted by molar-refractivity contribution is 6.37. The molecular weight excluding hydrogens is 417 g/mol. The summed E-state index contributed by atoms with van der Waals surface area (Å²) in [7, 11) is 0. The summed E-state index contributed by atoms with van der Waals surface area (Å²) in [6.07, 6.45) is 0. The van der Waals surface area contributed by atoms with Gasteiger partial charge in [0.2, 0.25) is 0 Å². The summed E-state index contributed by atoms with van der Waals surface area (Å²) >= 11 is 12.1. The van der Waals surface area contributed by atoms with E-state index in [0.29, 0.717) is 13.2 Å². The van der Waals surface area contributed by atoms with Crippen molar-refractivity contribution in [1.82, 2.24) is 0 Å². The number of nitrogens with one attached hydrogen (secondary N) is 1. The van der Waals surface area contributed by atoms with Crippen molar-refractivity contribution in [3.05, 3.63) is 99.5 Å². The number of ether oxygens (including phenoxy) is 1. The molecule has 0 aliphatic rings. The molecule has 0 fully saturated rings. The Balaban J connectivity index is 1.63. The normalized spacial score (nSPS) is 10.9. The molecule has 0 unspecified atom stereocenters. The largest absolute Gasteiger partial charge is 0.505 e. The number of aryl methyl sites for hydroxylation is 1. The second kappa shape index (κ2) is 8.86. The second-order valence-electron chi connectivity index (χ2n) is 7.18. The first kappa shape index (κ1) is 20.4. The third kappa shape index (κ3) is 4.48. The lowest BCUT2D eigenvalue weighted by Crippen LogP contribution is -2.05. The highest BCUT2D eigenvalue weighted by atomic mass is 35.5. The van der Waals surface area contributed by atoms with Crippen LogP contribution in [0.4, 0.5) is 5.69 Å². The Hall–Kier alpha value is -2.88. The molecule has 4 rings (SSSR count). The Bertz CT molecular complexity index is 1180. The highest BCUT2D eigenvalue weighted by Crippen LogP contribution is 2.35. The first-order valence-electron chi connectivity index (χ1n) is 9.62. The fourth-order valence-corrected chi connectivity index (χ4v) is 3.94. The minimum atomic E-state index is -0.115. The van der Waals surface area contributed by atoms with Crippen LogP contribution in [-0.2, 0) is 13.2 Å². The maximum absolute atomic E-state index is 9.79. The van der Waals surface area contributed by atoms with Crippen LogP contribution in [0.3, 0.4) is 0 Å². The van der Waals surface area contributed by atoms with Crippen molar-refractivity contribution < 1.29 is 9.84 Å². The molecule has 4 aromatic rings. The number of fused-ring (bicyclic) bond motifs is 1. The van der Waals surface area contributed by atoms with Gasteiger partial charge in [-0.1, -0.05) is 83.4 Å². The van der Waals surface area contributed by atoms with E-state index in [1.807, 2.05) is 24.3 Å². The molecule has 152 valence electrons. The van der Waals surface area contributed by atoms with Gasteiger partial charge in [0.15, 0.2) is 5.75 Å². The molecule has 0 aromatic heterocycles. The summed E-state index contributed by atoms with van der Waals surface area (Å²) < 4.78 is 6.21. The predicted molar refractivity (Wildman–Crippen MR) is 125 cm³/mol. The zero-order chi connectivity index (χ0) is 21.1. The number of rotatable bonds is 6. The van der Waals surface area contributed by atoms with Crippen LogP contribution < -0.4 is 10.1 Å². The average molecular weight is 438 g/mol. The molecule has 0 bridgehead atoms. The first-order valence-corrected chi connectivity index (χ1v) is 10.4. The minimum absolute atomic E-state index is 0.115. The van der Waals surface area contributed by atoms with Crippen LogP contribution in [0.25, 0.3) is 10.8 Å². The predicted octanol–water partition coefficient (Wildman–Crippen LogP) is 7.35. The molecule has 3 nitrogen and oxygen atoms in total. The molecule has 2 N–H and O–H groups in total. The standard InChI is InChI=1S/C25H21Cl2NO2/c1-16-5-4-6-17(11-16)15-30-24-10-9-18-7-2-3-8-20(18)21(24)14-28-19-12-22(26)25(29)23(27)13-19/h2-13,28-29H,14-15H2,1H3. The lowest BCUT2D eigenvalue weighted by molar-refractivity contribution is 0.304. The van der Waals surface area contributed by atoms with Gasteiger partial charge in [-0.25, -0.2) is 0 Å². The Morgan fingerprint density at radius 2 is 1.67 bits per heavy atom. The fraction of sp³-hybridized carbons (Fsp3) is 0.120. The van der Waals surface area contributed by atoms with Gasteiger partial charge < -0.3 is 15.2 Å². The zero-order valence-electron chi connectivity index (χ0n) is 16.5. The van der Waals surface area contributed by atoms with E-state index in [1.54, 1.807) is 12.1 Å². The van der Waals surface area contributed by atoms with E-state index in [9.17, 15) is 5.11 Å². The van der Waals surface area contributed by atoms with Gasteiger partial charge in [0.25, 0.3) is 0 Å². The van der Waals surface area contributed by atoms with Crippen molar-refractivity contribution in [3.63, 3.8) is 0 Å². The van der Waals surface area contributed by atoms with Gasteiger partial charge in [0.05, 0.1) is 10.0 Å². The summed E-state index contributed by atoms with van der Waals surface area (Å²) in [5, 5.41) is 15.8. The molecule has 0 heterocycles. The monoisotopic (exact) mass is 437 g/mol. The lowest BCUT2D eigenvalue weighted by Gasteiger charge is -2.16. The number of phenols is 1. The van der Waals surface area contributed by atoms with E-state index in [-0.39, 0.29) is 15.8 Å². The Morgan fingerprint density at radius 3 is 2.43 bits per heavy atom. The number of benzene rings is 4. The molecule has 30 heavy (non-hydrogen) atoms. The maximum Gasteiger partial charge on any atom is 0.152 e. The van der Waals surface area contributed by atoms with Gasteiger partial charge in [-0.2, -0.15) is 0 Å². The zero-order valence-corrected chi connectivity index (χ0v) is 18.0. The highest BCUT2D eigenvalue weighted by Gasteiger charge is 2.11. The van der Waals surface area contributed by atoms with Crippen LogP contribution in [0.1, 0.15) is 16.7 Å². The molecule has 4 aromatic carbocycles. The molecule has 0 atom stereocenters. The van der Waals surface area contributed by atoms with Crippen LogP contribution in [-0.4, -0.2) is 5.11 Å². The van der Waals surface area contributed by atoms with Gasteiger partial charge in [-0.15, -0.1) is 0 Å². The Kier molecular flexibility index (Phi) is 6.03. The van der Waals surface area contributed by atoms with Crippen molar-refractivity contribution >= 4 is 39.7 Å². The third-order valence-corrected chi connectivity index (χ3v) is 5.54. The third-order valence-electron chi connectivity index (χ3n) is 4.96. The van der Waals surface area contributed by atoms with Crippen LogP contribution >= 0.6 is 23.2 Å². The summed E-state index contributed by atoms with van der Waals surface area (Å²) in [6, 6.07) is 23.9. The van der Waals surface area contributed by atoms with E-state index < -0.39 is 0 Å². The van der Waals surface area contributed by atoms with Crippen LogP contribution in [0.5, 0.6) is 11.5 Å². The van der Waals surface area contributed by atoms with Crippen molar-refractivity contribution in [2.75, 3.05) is 5.32 Å². The van der Waals surface area contributed by atoms with Gasteiger partial charge in [0, 0.05) is 17.8 Å². The summed E-state index contributed by atoms with van der Waals surface area (Å²) in [5.41, 5.74) is 4.10. The Labute approximate surface area is 185 Å². The molecule has 5 heteroatoms. The molecular formula is C25H21Cl2NO2. The molecule has 0 saturated carbocycles. The van der Waals surface area contributed by atoms with E-state index in [2.05, 4.69) is 48.6 Å². The Morgan fingerprint density at radius 1 is 0.900 bits per heavy atom. The number of anilines is 1. The number of halogens is 2. The van der Waals surface area contributed by atoms with Crippen molar-refractivity contribution in [2.45, 2.75) is 20.1 Å². The van der Waals surface area contributed by atoms with Crippen LogP contribution in [0, 0.1) is 6.92 Å². The summed E-state index contributed by atoms with van der Waals surface area (Å²) in [5.74, 6) is 0.704. The molecule has 0 amide bonds. The SMILES string of the molecule is Cc1cccc(COc2ccc3ccccc3c2CNc2cc(Cl)c(O)c(Cl)c2)c1. The van der Waals surface area contributed by atoms with E-state index in [4.69, 9.17) is 27.9 Å². The topological polar surface area (TPSA) is 41.5 Å². The lowest BCUT2D eigenvalue weighted by atomic mass is 10.0. The molecule has 0 aliphatic heterocycles. The summed E-state index contributed by atoms with van der Waals surface area (Å²) in [6.45, 7) is 3.08. The van der Waals surface area contributed by atoms with E-state index in [1.165, 1.54) is 5.56 Å². The first-order chi connectivity index (χ1) is 14.5. The van der Waals surface area contributed by atoms with Crippen molar-refractivity contribution in [3.8, 4) is 11.5 Å². The van der Waals surface area contributed by atoms with Crippen molar-refractivity contribution in [1.29, 1.82) is 0 Å². The number of hydrogen-bond donors (Lipinski definition) is 2. The van der Waals surface area contributed by atoms with Crippen molar-refractivity contribution in [2.24, 2.45) is 0 Å². The number of aromatic hydroxyl groups is 1. The number of hydrogen-bond acceptors (Lipinski definition) is 3. The maximum atomic E-state index is 9.79. The minimum Gasteiger partial charge on any atom is -0.505 e. The fourth-order valence-electron chi connectivity index (χ4n) is 3.45. The molecule has 0 radical (unpaired) electrons. The summed E-state index contributed by atoms with van der Waals surface area (Å²) in [4.78, 5) is 0. The van der Waals surface area contributed by atoms with Crippen LogP contribution in [0.15, 0.2) is 72.8 Å². The quantitative estimate of drug-likeness (QED) is 0.309. The number of phenolic OH excluding ortho intramolecular Hbond substituents is 1. The van der Waals surface area contributed by atoms with E-state index >= 15 is 0 Å². The van der Waals surface area contributed by atoms with Gasteiger partial charge in [-0.05, 0) is 41.5 Å². The average Bonchev–Trinajstić information content (AvgIpc) is 2.74. The molecule has 0 aliphatic carbocycles. The molecule has 0 saturated heterocycles. The van der Waals surface area contributed by atoms with Gasteiger partial charge in [-0.3, -0.25) is 0 Å². The smallest absolute Gasteiger partial charge is 0.152 e.